The van der Waals surface area contributed by atoms with E-state index in [1.165, 1.54) is 82.6 Å². The number of rotatable bonds is 21. The average Bonchev–Trinajstić information content (AvgIpc) is 3.03. The number of unbranched alkanes of at least 4 members (excludes halogenated alkanes) is 12. The first-order chi connectivity index (χ1) is 20.6. The topological polar surface area (TPSA) is 35.5 Å². The van der Waals surface area contributed by atoms with Crippen LogP contribution in [-0.4, -0.2) is 12.6 Å². The molecule has 1 unspecified atom stereocenters. The number of carbonyl (C=O) groups is 1. The largest absolute Gasteiger partial charge is 0.423 e. The van der Waals surface area contributed by atoms with Gasteiger partial charge in [0.05, 0.1) is 11.7 Å². The summed E-state index contributed by atoms with van der Waals surface area (Å²) >= 11 is 0. The Morgan fingerprint density at radius 2 is 1.14 bits per heavy atom. The SMILES string of the molecule is CCCCCCCCCCCCCCCc1ccccc1OC(=O)c1ccc(-c2ccc(C(C)OCCC)cc2)cc1. The number of esters is 1. The Morgan fingerprint density at radius 1 is 0.619 bits per heavy atom. The van der Waals surface area contributed by atoms with E-state index >= 15 is 0 Å². The molecule has 0 aliphatic carbocycles. The number of hydrogen-bond acceptors (Lipinski definition) is 3. The van der Waals surface area contributed by atoms with Crippen molar-refractivity contribution < 1.29 is 14.3 Å². The highest BCUT2D eigenvalue weighted by Crippen LogP contribution is 2.26. The summed E-state index contributed by atoms with van der Waals surface area (Å²) in [5.74, 6) is 0.372. The molecule has 0 aliphatic rings. The van der Waals surface area contributed by atoms with Gasteiger partial charge in [0.25, 0.3) is 0 Å². The maximum Gasteiger partial charge on any atom is 0.343 e. The minimum atomic E-state index is -0.309. The van der Waals surface area contributed by atoms with Crippen LogP contribution < -0.4 is 4.74 Å². The molecule has 228 valence electrons. The number of para-hydroxylation sites is 1. The normalized spacial score (nSPS) is 11.9. The van der Waals surface area contributed by atoms with E-state index in [1.54, 1.807) is 0 Å². The summed E-state index contributed by atoms with van der Waals surface area (Å²) < 4.78 is 11.7. The quantitative estimate of drug-likeness (QED) is 0.0726. The minimum Gasteiger partial charge on any atom is -0.423 e. The van der Waals surface area contributed by atoms with E-state index in [4.69, 9.17) is 9.47 Å². The second kappa shape index (κ2) is 20.1. The second-order valence-corrected chi connectivity index (χ2v) is 11.7. The summed E-state index contributed by atoms with van der Waals surface area (Å²) in [7, 11) is 0. The van der Waals surface area contributed by atoms with Crippen molar-refractivity contribution >= 4 is 5.97 Å². The van der Waals surface area contributed by atoms with Gasteiger partial charge in [-0.1, -0.05) is 145 Å². The zero-order valence-electron chi connectivity index (χ0n) is 26.5. The number of ether oxygens (including phenoxy) is 2. The molecule has 0 heterocycles. The first-order valence-electron chi connectivity index (χ1n) is 16.7. The highest BCUT2D eigenvalue weighted by atomic mass is 16.5. The number of benzene rings is 3. The summed E-state index contributed by atoms with van der Waals surface area (Å²) in [6.45, 7) is 7.25. The van der Waals surface area contributed by atoms with Gasteiger partial charge >= 0.3 is 5.97 Å². The highest BCUT2D eigenvalue weighted by Gasteiger charge is 2.12. The third-order valence-corrected chi connectivity index (χ3v) is 8.13. The molecule has 3 rings (SSSR count). The zero-order valence-corrected chi connectivity index (χ0v) is 26.5. The summed E-state index contributed by atoms with van der Waals surface area (Å²) in [6, 6.07) is 24.1. The minimum absolute atomic E-state index is 0.0866. The van der Waals surface area contributed by atoms with Gasteiger partial charge in [-0.05, 0) is 66.6 Å². The van der Waals surface area contributed by atoms with Crippen molar-refractivity contribution in [2.24, 2.45) is 0 Å². The van der Waals surface area contributed by atoms with Gasteiger partial charge < -0.3 is 9.47 Å². The number of aryl methyl sites for hydroxylation is 1. The molecule has 3 nitrogen and oxygen atoms in total. The summed E-state index contributed by atoms with van der Waals surface area (Å²) in [5, 5.41) is 0. The lowest BCUT2D eigenvalue weighted by atomic mass is 10.0. The molecule has 0 fully saturated rings. The first-order valence-corrected chi connectivity index (χ1v) is 16.7. The average molecular weight is 571 g/mol. The van der Waals surface area contributed by atoms with Crippen molar-refractivity contribution in [2.75, 3.05) is 6.61 Å². The van der Waals surface area contributed by atoms with Crippen LogP contribution in [-0.2, 0) is 11.2 Å². The fraction of sp³-hybridized carbons (Fsp3) is 0.513. The number of carbonyl (C=O) groups excluding carboxylic acids is 1. The van der Waals surface area contributed by atoms with E-state index in [0.29, 0.717) is 11.3 Å². The lowest BCUT2D eigenvalue weighted by Crippen LogP contribution is -2.09. The van der Waals surface area contributed by atoms with Crippen molar-refractivity contribution in [1.82, 2.24) is 0 Å². The fourth-order valence-corrected chi connectivity index (χ4v) is 5.44. The van der Waals surface area contributed by atoms with Crippen molar-refractivity contribution in [3.8, 4) is 16.9 Å². The van der Waals surface area contributed by atoms with Gasteiger partial charge in [0, 0.05) is 6.61 Å². The van der Waals surface area contributed by atoms with E-state index in [1.807, 2.05) is 42.5 Å². The van der Waals surface area contributed by atoms with E-state index in [0.717, 1.165) is 42.6 Å². The molecule has 0 spiro atoms. The molecule has 1 atom stereocenters. The molecule has 0 radical (unpaired) electrons. The monoisotopic (exact) mass is 570 g/mol. The van der Waals surface area contributed by atoms with E-state index < -0.39 is 0 Å². The maximum atomic E-state index is 13.0. The first kappa shape index (κ1) is 33.6. The summed E-state index contributed by atoms with van der Waals surface area (Å²) in [5.41, 5.74) is 5.04. The standard InChI is InChI=1S/C39H54O3/c1-4-6-7-8-9-10-11-12-13-14-15-16-17-20-36-21-18-19-22-38(36)42-39(40)37-29-27-35(28-30-37)34-25-23-33(24-26-34)32(3)41-31-5-2/h18-19,21-30,32H,4-17,20,31H2,1-3H3. The van der Waals surface area contributed by atoms with Crippen molar-refractivity contribution in [1.29, 1.82) is 0 Å². The fourth-order valence-electron chi connectivity index (χ4n) is 5.44. The van der Waals surface area contributed by atoms with Crippen LogP contribution in [0.3, 0.4) is 0 Å². The van der Waals surface area contributed by atoms with Crippen LogP contribution in [0, 0.1) is 0 Å². The van der Waals surface area contributed by atoms with Crippen LogP contribution in [0.25, 0.3) is 11.1 Å². The van der Waals surface area contributed by atoms with Gasteiger partial charge in [0.1, 0.15) is 5.75 Å². The number of hydrogen-bond donors (Lipinski definition) is 0. The molecule has 0 saturated carbocycles. The Bertz CT molecular complexity index is 1130. The lowest BCUT2D eigenvalue weighted by molar-refractivity contribution is 0.0662. The van der Waals surface area contributed by atoms with Crippen LogP contribution in [0.1, 0.15) is 138 Å². The lowest BCUT2D eigenvalue weighted by Gasteiger charge is -2.13. The predicted octanol–water partition coefficient (Wildman–Crippen LogP) is 11.7. The van der Waals surface area contributed by atoms with Gasteiger partial charge in [-0.15, -0.1) is 0 Å². The third-order valence-electron chi connectivity index (χ3n) is 8.13. The van der Waals surface area contributed by atoms with Crippen molar-refractivity contribution in [3.05, 3.63) is 89.5 Å². The molecule has 0 amide bonds. The van der Waals surface area contributed by atoms with Crippen LogP contribution in [0.15, 0.2) is 72.8 Å². The van der Waals surface area contributed by atoms with Crippen LogP contribution in [0.5, 0.6) is 5.75 Å². The Labute approximate surface area is 256 Å². The van der Waals surface area contributed by atoms with E-state index in [9.17, 15) is 4.79 Å². The second-order valence-electron chi connectivity index (χ2n) is 11.7. The van der Waals surface area contributed by atoms with Crippen molar-refractivity contribution in [3.63, 3.8) is 0 Å². The molecular weight excluding hydrogens is 516 g/mol. The molecule has 3 aromatic carbocycles. The maximum absolute atomic E-state index is 13.0. The van der Waals surface area contributed by atoms with E-state index in [2.05, 4.69) is 51.1 Å². The third kappa shape index (κ3) is 12.1. The van der Waals surface area contributed by atoms with Crippen molar-refractivity contribution in [2.45, 2.75) is 123 Å². The molecule has 3 heteroatoms. The Hall–Kier alpha value is -2.91. The van der Waals surface area contributed by atoms with Crippen LogP contribution in [0.2, 0.25) is 0 Å². The molecular formula is C39H54O3. The van der Waals surface area contributed by atoms with Gasteiger partial charge in [-0.2, -0.15) is 0 Å². The van der Waals surface area contributed by atoms with Gasteiger partial charge in [-0.3, -0.25) is 0 Å². The zero-order chi connectivity index (χ0) is 29.8. The Morgan fingerprint density at radius 3 is 1.71 bits per heavy atom. The molecule has 0 aromatic heterocycles. The highest BCUT2D eigenvalue weighted by molar-refractivity contribution is 5.91. The Balaban J connectivity index is 1.39. The molecule has 0 N–H and O–H groups in total. The van der Waals surface area contributed by atoms with Gasteiger partial charge in [-0.25, -0.2) is 4.79 Å². The smallest absolute Gasteiger partial charge is 0.343 e. The summed E-state index contributed by atoms with van der Waals surface area (Å²) in [6.07, 6.45) is 19.6. The molecule has 0 aliphatic heterocycles. The Kier molecular flexibility index (Phi) is 16.1. The molecule has 42 heavy (non-hydrogen) atoms. The summed E-state index contributed by atoms with van der Waals surface area (Å²) in [4.78, 5) is 13.0. The molecule has 0 saturated heterocycles. The van der Waals surface area contributed by atoms with Crippen LogP contribution in [0.4, 0.5) is 0 Å². The predicted molar refractivity (Wildman–Crippen MR) is 177 cm³/mol. The molecule has 0 bridgehead atoms. The van der Waals surface area contributed by atoms with Gasteiger partial charge in [0.15, 0.2) is 0 Å². The molecule has 3 aromatic rings. The van der Waals surface area contributed by atoms with Crippen LogP contribution >= 0.6 is 0 Å². The van der Waals surface area contributed by atoms with Gasteiger partial charge in [0.2, 0.25) is 0 Å². The van der Waals surface area contributed by atoms with E-state index in [-0.39, 0.29) is 12.1 Å².